The highest BCUT2D eigenvalue weighted by molar-refractivity contribution is 5.79. The smallest absolute Gasteiger partial charge is 0.224 e. The highest BCUT2D eigenvalue weighted by Gasteiger charge is 2.13. The molecule has 0 radical (unpaired) electrons. The number of methoxy groups -OCH3 is 1. The van der Waals surface area contributed by atoms with Crippen molar-refractivity contribution in [1.29, 1.82) is 0 Å². The van der Waals surface area contributed by atoms with Crippen molar-refractivity contribution in [3.05, 3.63) is 65.2 Å². The van der Waals surface area contributed by atoms with Crippen LogP contribution in [0.2, 0.25) is 0 Å². The molecule has 0 heterocycles. The van der Waals surface area contributed by atoms with E-state index >= 15 is 0 Å². The molecule has 0 aliphatic heterocycles. The van der Waals surface area contributed by atoms with Gasteiger partial charge < -0.3 is 10.1 Å². The quantitative estimate of drug-likeness (QED) is 0.837. The van der Waals surface area contributed by atoms with Gasteiger partial charge in [0.2, 0.25) is 5.91 Å². The fraction of sp³-hybridized carbons (Fsp3) is 0.350. The van der Waals surface area contributed by atoms with Gasteiger partial charge in [0.25, 0.3) is 0 Å². The third-order valence-corrected chi connectivity index (χ3v) is 4.06. The Kier molecular flexibility index (Phi) is 6.21. The van der Waals surface area contributed by atoms with E-state index < -0.39 is 0 Å². The zero-order valence-corrected chi connectivity index (χ0v) is 14.1. The van der Waals surface area contributed by atoms with Gasteiger partial charge in [0.1, 0.15) is 5.75 Å². The highest BCUT2D eigenvalue weighted by Crippen LogP contribution is 2.20. The fourth-order valence-electron chi connectivity index (χ4n) is 2.58. The van der Waals surface area contributed by atoms with E-state index in [1.165, 1.54) is 5.56 Å². The van der Waals surface area contributed by atoms with Crippen LogP contribution < -0.4 is 10.1 Å². The lowest BCUT2D eigenvalue weighted by molar-refractivity contribution is -0.121. The predicted octanol–water partition coefficient (Wildman–Crippen LogP) is 4.07. The van der Waals surface area contributed by atoms with Gasteiger partial charge in [0.05, 0.1) is 19.6 Å². The monoisotopic (exact) mass is 311 g/mol. The van der Waals surface area contributed by atoms with Crippen molar-refractivity contribution in [2.75, 3.05) is 7.11 Å². The summed E-state index contributed by atoms with van der Waals surface area (Å²) in [6.45, 7) is 4.20. The first kappa shape index (κ1) is 17.1. The Morgan fingerprint density at radius 1 is 1.00 bits per heavy atom. The van der Waals surface area contributed by atoms with E-state index in [1.807, 2.05) is 36.4 Å². The normalized spacial score (nSPS) is 11.8. The van der Waals surface area contributed by atoms with Crippen LogP contribution in [0.15, 0.2) is 48.5 Å². The molecule has 0 saturated carbocycles. The molecule has 23 heavy (non-hydrogen) atoms. The lowest BCUT2D eigenvalue weighted by Crippen LogP contribution is -2.29. The molecule has 0 fully saturated rings. The molecule has 2 aromatic rings. The topological polar surface area (TPSA) is 38.3 Å². The van der Waals surface area contributed by atoms with Crippen molar-refractivity contribution < 1.29 is 9.53 Å². The second kappa shape index (κ2) is 8.37. The summed E-state index contributed by atoms with van der Waals surface area (Å²) in [6.07, 6.45) is 2.28. The van der Waals surface area contributed by atoms with Crippen LogP contribution in [0.25, 0.3) is 0 Å². The second-order valence-corrected chi connectivity index (χ2v) is 5.65. The molecule has 0 saturated heterocycles. The van der Waals surface area contributed by atoms with Crippen LogP contribution in [0, 0.1) is 0 Å². The molecular weight excluding hydrogens is 286 g/mol. The minimum Gasteiger partial charge on any atom is -0.497 e. The van der Waals surface area contributed by atoms with Crippen molar-refractivity contribution in [2.45, 2.75) is 39.2 Å². The van der Waals surface area contributed by atoms with Gasteiger partial charge in [-0.15, -0.1) is 0 Å². The SMILES string of the molecule is CCc1ccc(CC(=O)NC(CC)c2ccc(OC)cc2)cc1. The molecule has 0 aliphatic rings. The number of hydrogen-bond acceptors (Lipinski definition) is 2. The number of rotatable bonds is 7. The molecule has 3 nitrogen and oxygen atoms in total. The molecule has 2 rings (SSSR count). The summed E-state index contributed by atoms with van der Waals surface area (Å²) in [4.78, 5) is 12.3. The average Bonchev–Trinajstić information content (AvgIpc) is 2.60. The number of amides is 1. The first-order chi connectivity index (χ1) is 11.2. The fourth-order valence-corrected chi connectivity index (χ4v) is 2.58. The molecule has 1 N–H and O–H groups in total. The Morgan fingerprint density at radius 3 is 2.13 bits per heavy atom. The van der Waals surface area contributed by atoms with E-state index in [2.05, 4.69) is 31.3 Å². The van der Waals surface area contributed by atoms with Crippen molar-refractivity contribution in [2.24, 2.45) is 0 Å². The van der Waals surface area contributed by atoms with E-state index in [4.69, 9.17) is 4.74 Å². The van der Waals surface area contributed by atoms with Crippen molar-refractivity contribution in [3.63, 3.8) is 0 Å². The number of aryl methyl sites for hydroxylation is 1. The summed E-state index contributed by atoms with van der Waals surface area (Å²) in [5.74, 6) is 0.878. The number of carbonyl (C=O) groups excluding carboxylic acids is 1. The standard InChI is InChI=1S/C20H25NO2/c1-4-15-6-8-16(9-7-15)14-20(22)21-19(5-2)17-10-12-18(23-3)13-11-17/h6-13,19H,4-5,14H2,1-3H3,(H,21,22). The van der Waals surface area contributed by atoms with E-state index in [0.717, 1.165) is 29.7 Å². The largest absolute Gasteiger partial charge is 0.497 e. The van der Waals surface area contributed by atoms with Crippen molar-refractivity contribution in [3.8, 4) is 5.75 Å². The summed E-state index contributed by atoms with van der Waals surface area (Å²) in [6, 6.07) is 16.1. The van der Waals surface area contributed by atoms with Crippen LogP contribution in [0.3, 0.4) is 0 Å². The highest BCUT2D eigenvalue weighted by atomic mass is 16.5. The molecule has 0 spiro atoms. The Hall–Kier alpha value is -2.29. The number of hydrogen-bond donors (Lipinski definition) is 1. The van der Waals surface area contributed by atoms with Gasteiger partial charge in [-0.3, -0.25) is 4.79 Å². The number of nitrogens with one attached hydrogen (secondary N) is 1. The van der Waals surface area contributed by atoms with E-state index in [-0.39, 0.29) is 11.9 Å². The maximum Gasteiger partial charge on any atom is 0.224 e. The van der Waals surface area contributed by atoms with Gasteiger partial charge in [-0.2, -0.15) is 0 Å². The molecule has 0 bridgehead atoms. The van der Waals surface area contributed by atoms with Crippen LogP contribution in [0.1, 0.15) is 43.0 Å². The summed E-state index contributed by atoms with van der Waals surface area (Å²) in [5, 5.41) is 3.12. The van der Waals surface area contributed by atoms with Gasteiger partial charge in [-0.25, -0.2) is 0 Å². The third kappa shape index (κ3) is 4.85. The van der Waals surface area contributed by atoms with Crippen molar-refractivity contribution in [1.82, 2.24) is 5.32 Å². The Balaban J connectivity index is 1.97. The number of ether oxygens (including phenoxy) is 1. The van der Waals surface area contributed by atoms with Gasteiger partial charge in [0.15, 0.2) is 0 Å². The minimum absolute atomic E-state index is 0.0309. The zero-order valence-electron chi connectivity index (χ0n) is 14.1. The molecule has 3 heteroatoms. The summed E-state index contributed by atoms with van der Waals surface area (Å²) >= 11 is 0. The first-order valence-corrected chi connectivity index (χ1v) is 8.17. The van der Waals surface area contributed by atoms with Gasteiger partial charge >= 0.3 is 0 Å². The van der Waals surface area contributed by atoms with E-state index in [1.54, 1.807) is 7.11 Å². The van der Waals surface area contributed by atoms with Gasteiger partial charge in [-0.1, -0.05) is 50.2 Å². The van der Waals surface area contributed by atoms with Crippen LogP contribution >= 0.6 is 0 Å². The maximum atomic E-state index is 12.3. The lowest BCUT2D eigenvalue weighted by Gasteiger charge is -2.18. The summed E-state index contributed by atoms with van der Waals surface area (Å²) in [5.41, 5.74) is 3.44. The lowest BCUT2D eigenvalue weighted by atomic mass is 10.0. The molecule has 0 aromatic heterocycles. The van der Waals surface area contributed by atoms with Gasteiger partial charge in [0, 0.05) is 0 Å². The Morgan fingerprint density at radius 2 is 1.61 bits per heavy atom. The van der Waals surface area contributed by atoms with Crippen LogP contribution in [0.5, 0.6) is 5.75 Å². The van der Waals surface area contributed by atoms with Crippen LogP contribution in [-0.2, 0) is 17.6 Å². The Labute approximate surface area is 138 Å². The molecule has 122 valence electrons. The zero-order chi connectivity index (χ0) is 16.7. The number of benzene rings is 2. The third-order valence-electron chi connectivity index (χ3n) is 4.06. The maximum absolute atomic E-state index is 12.3. The molecule has 1 amide bonds. The molecule has 2 aromatic carbocycles. The molecule has 1 atom stereocenters. The average molecular weight is 311 g/mol. The van der Waals surface area contributed by atoms with E-state index in [9.17, 15) is 4.79 Å². The summed E-state index contributed by atoms with van der Waals surface area (Å²) < 4.78 is 5.17. The van der Waals surface area contributed by atoms with Gasteiger partial charge in [-0.05, 0) is 41.7 Å². The van der Waals surface area contributed by atoms with E-state index in [0.29, 0.717) is 6.42 Å². The molecule has 1 unspecified atom stereocenters. The minimum atomic E-state index is 0.0309. The molecular formula is C20H25NO2. The predicted molar refractivity (Wildman–Crippen MR) is 93.7 cm³/mol. The molecule has 0 aliphatic carbocycles. The first-order valence-electron chi connectivity index (χ1n) is 8.17. The summed E-state index contributed by atoms with van der Waals surface area (Å²) in [7, 11) is 1.65. The van der Waals surface area contributed by atoms with Crippen LogP contribution in [-0.4, -0.2) is 13.0 Å². The second-order valence-electron chi connectivity index (χ2n) is 5.65. The van der Waals surface area contributed by atoms with Crippen LogP contribution in [0.4, 0.5) is 0 Å². The number of carbonyl (C=O) groups is 1. The Bertz CT molecular complexity index is 617. The van der Waals surface area contributed by atoms with Crippen molar-refractivity contribution >= 4 is 5.91 Å².